The third-order valence-corrected chi connectivity index (χ3v) is 3.57. The molecule has 0 fully saturated rings. The smallest absolute Gasteiger partial charge is 0.272 e. The molecule has 4 nitrogen and oxygen atoms in total. The van der Waals surface area contributed by atoms with Crippen LogP contribution in [0.5, 0.6) is 0 Å². The highest BCUT2D eigenvalue weighted by atomic mass is 35.5. The quantitative estimate of drug-likeness (QED) is 0.792. The largest absolute Gasteiger partial charge is 0.321 e. The summed E-state index contributed by atoms with van der Waals surface area (Å²) in [5, 5.41) is 3.49. The van der Waals surface area contributed by atoms with Crippen LogP contribution in [0.4, 0.5) is 5.69 Å². The average molecular weight is 312 g/mol. The second-order valence-corrected chi connectivity index (χ2v) is 5.27. The van der Waals surface area contributed by atoms with Gasteiger partial charge in [-0.2, -0.15) is 0 Å². The number of halogens is 1. The Balaban J connectivity index is 1.90. The van der Waals surface area contributed by atoms with Crippen molar-refractivity contribution in [1.29, 1.82) is 0 Å². The molecule has 2 aromatic heterocycles. The highest BCUT2D eigenvalue weighted by molar-refractivity contribution is 6.30. The average Bonchev–Trinajstić information content (AvgIpc) is 2.99. The first kappa shape index (κ1) is 14.4. The van der Waals surface area contributed by atoms with Gasteiger partial charge in [0.25, 0.3) is 5.91 Å². The van der Waals surface area contributed by atoms with Crippen molar-refractivity contribution in [3.63, 3.8) is 0 Å². The van der Waals surface area contributed by atoms with Crippen molar-refractivity contribution in [3.05, 3.63) is 77.3 Å². The number of carbonyl (C=O) groups is 1. The van der Waals surface area contributed by atoms with E-state index in [0.717, 1.165) is 11.4 Å². The predicted molar refractivity (Wildman–Crippen MR) is 87.7 cm³/mol. The molecule has 2 heterocycles. The molecule has 0 aliphatic rings. The van der Waals surface area contributed by atoms with E-state index in [2.05, 4.69) is 10.3 Å². The second-order valence-electron chi connectivity index (χ2n) is 4.83. The summed E-state index contributed by atoms with van der Waals surface area (Å²) in [5.74, 6) is -0.185. The van der Waals surface area contributed by atoms with Crippen molar-refractivity contribution in [2.75, 3.05) is 5.32 Å². The lowest BCUT2D eigenvalue weighted by molar-refractivity contribution is 0.102. The van der Waals surface area contributed by atoms with Crippen molar-refractivity contribution in [1.82, 2.24) is 9.55 Å². The topological polar surface area (TPSA) is 46.9 Å². The van der Waals surface area contributed by atoms with E-state index in [1.165, 1.54) is 0 Å². The van der Waals surface area contributed by atoms with Crippen molar-refractivity contribution in [2.24, 2.45) is 0 Å². The normalized spacial score (nSPS) is 10.5. The molecule has 110 valence electrons. The number of nitrogens with one attached hydrogen (secondary N) is 1. The van der Waals surface area contributed by atoms with Crippen LogP contribution in [0.15, 0.2) is 60.9 Å². The molecule has 1 N–H and O–H groups in total. The molecule has 1 amide bonds. The summed E-state index contributed by atoms with van der Waals surface area (Å²) in [4.78, 5) is 16.7. The Morgan fingerprint density at radius 1 is 1.14 bits per heavy atom. The van der Waals surface area contributed by atoms with Gasteiger partial charge in [-0.05, 0) is 55.5 Å². The maximum atomic E-state index is 12.5. The molecule has 0 radical (unpaired) electrons. The number of rotatable bonds is 3. The lowest BCUT2D eigenvalue weighted by Crippen LogP contribution is -2.16. The number of carbonyl (C=O) groups excluding carboxylic acids is 1. The molecule has 3 rings (SSSR count). The maximum absolute atomic E-state index is 12.5. The molecule has 0 bridgehead atoms. The highest BCUT2D eigenvalue weighted by Gasteiger charge is 2.13. The van der Waals surface area contributed by atoms with Gasteiger partial charge in [0.05, 0.1) is 11.4 Å². The van der Waals surface area contributed by atoms with Gasteiger partial charge in [-0.15, -0.1) is 0 Å². The number of aryl methyl sites for hydroxylation is 1. The molecule has 0 saturated heterocycles. The fourth-order valence-electron chi connectivity index (χ4n) is 2.23. The molecular weight excluding hydrogens is 298 g/mol. The summed E-state index contributed by atoms with van der Waals surface area (Å²) >= 11 is 5.85. The Labute approximate surface area is 133 Å². The minimum absolute atomic E-state index is 0.185. The number of amides is 1. The summed E-state index contributed by atoms with van der Waals surface area (Å²) < 4.78 is 1.83. The lowest BCUT2D eigenvalue weighted by atomic mass is 10.3. The Morgan fingerprint density at radius 3 is 2.64 bits per heavy atom. The van der Waals surface area contributed by atoms with Crippen LogP contribution in [-0.4, -0.2) is 15.5 Å². The first-order chi connectivity index (χ1) is 10.6. The second kappa shape index (κ2) is 6.03. The van der Waals surface area contributed by atoms with Gasteiger partial charge in [-0.3, -0.25) is 9.78 Å². The van der Waals surface area contributed by atoms with E-state index in [4.69, 9.17) is 11.6 Å². The van der Waals surface area contributed by atoms with Gasteiger partial charge < -0.3 is 9.88 Å². The van der Waals surface area contributed by atoms with Crippen LogP contribution in [0.1, 0.15) is 16.2 Å². The van der Waals surface area contributed by atoms with Gasteiger partial charge in [0.1, 0.15) is 5.69 Å². The van der Waals surface area contributed by atoms with Gasteiger partial charge >= 0.3 is 0 Å². The zero-order valence-corrected chi connectivity index (χ0v) is 12.7. The summed E-state index contributed by atoms with van der Waals surface area (Å²) in [7, 11) is 0. The van der Waals surface area contributed by atoms with Gasteiger partial charge in [-0.25, -0.2) is 0 Å². The Bertz CT molecular complexity index is 809. The Kier molecular flexibility index (Phi) is 3.94. The minimum Gasteiger partial charge on any atom is -0.321 e. The van der Waals surface area contributed by atoms with Gasteiger partial charge in [0.15, 0.2) is 0 Å². The third kappa shape index (κ3) is 2.87. The first-order valence-corrected chi connectivity index (χ1v) is 7.19. The number of aromatic nitrogens is 2. The number of hydrogen-bond donors (Lipinski definition) is 1. The molecule has 0 spiro atoms. The van der Waals surface area contributed by atoms with Crippen molar-refractivity contribution in [2.45, 2.75) is 6.92 Å². The number of pyridine rings is 1. The SMILES string of the molecule is Cc1ncccc1-n1cccc1C(=O)Nc1ccc(Cl)cc1. The predicted octanol–water partition coefficient (Wildman–Crippen LogP) is 4.09. The van der Waals surface area contributed by atoms with Crippen molar-refractivity contribution in [3.8, 4) is 5.69 Å². The van der Waals surface area contributed by atoms with Gasteiger partial charge in [0, 0.05) is 23.1 Å². The number of benzene rings is 1. The number of nitrogens with zero attached hydrogens (tertiary/aromatic N) is 2. The van der Waals surface area contributed by atoms with Crippen molar-refractivity contribution >= 4 is 23.2 Å². The number of anilines is 1. The zero-order chi connectivity index (χ0) is 15.5. The third-order valence-electron chi connectivity index (χ3n) is 3.32. The molecule has 22 heavy (non-hydrogen) atoms. The van der Waals surface area contributed by atoms with E-state index >= 15 is 0 Å². The van der Waals surface area contributed by atoms with E-state index in [9.17, 15) is 4.79 Å². The molecule has 0 aliphatic heterocycles. The molecule has 0 saturated carbocycles. The standard InChI is InChI=1S/C17H14ClN3O/c1-12-15(4-2-10-19-12)21-11-3-5-16(21)17(22)20-14-8-6-13(18)7-9-14/h2-11H,1H3,(H,20,22). The van der Waals surface area contributed by atoms with Gasteiger partial charge in [-0.1, -0.05) is 11.6 Å². The van der Waals surface area contributed by atoms with E-state index in [1.54, 1.807) is 36.5 Å². The monoisotopic (exact) mass is 311 g/mol. The van der Waals surface area contributed by atoms with Crippen LogP contribution in [0.25, 0.3) is 5.69 Å². The Morgan fingerprint density at radius 2 is 1.91 bits per heavy atom. The summed E-state index contributed by atoms with van der Waals surface area (Å²) in [6.45, 7) is 1.91. The lowest BCUT2D eigenvalue weighted by Gasteiger charge is -2.11. The van der Waals surface area contributed by atoms with E-state index < -0.39 is 0 Å². The van der Waals surface area contributed by atoms with E-state index in [1.807, 2.05) is 35.9 Å². The van der Waals surface area contributed by atoms with Crippen molar-refractivity contribution < 1.29 is 4.79 Å². The molecule has 0 unspecified atom stereocenters. The maximum Gasteiger partial charge on any atom is 0.272 e. The van der Waals surface area contributed by atoms with E-state index in [-0.39, 0.29) is 5.91 Å². The minimum atomic E-state index is -0.185. The molecule has 0 atom stereocenters. The molecule has 1 aromatic carbocycles. The number of hydrogen-bond acceptors (Lipinski definition) is 2. The molecule has 5 heteroatoms. The fraction of sp³-hybridized carbons (Fsp3) is 0.0588. The van der Waals surface area contributed by atoms with E-state index in [0.29, 0.717) is 16.4 Å². The van der Waals surface area contributed by atoms with Crippen LogP contribution in [0.2, 0.25) is 5.02 Å². The van der Waals surface area contributed by atoms with Crippen LogP contribution in [0, 0.1) is 6.92 Å². The molecule has 0 aliphatic carbocycles. The van der Waals surface area contributed by atoms with Crippen LogP contribution >= 0.6 is 11.6 Å². The highest BCUT2D eigenvalue weighted by Crippen LogP contribution is 2.18. The first-order valence-electron chi connectivity index (χ1n) is 6.81. The zero-order valence-electron chi connectivity index (χ0n) is 12.0. The summed E-state index contributed by atoms with van der Waals surface area (Å²) in [6, 6.07) is 14.4. The van der Waals surface area contributed by atoms with Crippen LogP contribution in [-0.2, 0) is 0 Å². The van der Waals surface area contributed by atoms with Crippen LogP contribution in [0.3, 0.4) is 0 Å². The Hall–Kier alpha value is -2.59. The summed E-state index contributed by atoms with van der Waals surface area (Å²) in [6.07, 6.45) is 3.58. The summed E-state index contributed by atoms with van der Waals surface area (Å²) in [5.41, 5.74) is 2.99. The van der Waals surface area contributed by atoms with Crippen LogP contribution < -0.4 is 5.32 Å². The molecule has 3 aromatic rings. The van der Waals surface area contributed by atoms with Gasteiger partial charge in [0.2, 0.25) is 0 Å². The fourth-order valence-corrected chi connectivity index (χ4v) is 2.36. The molecular formula is C17H14ClN3O.